The third-order valence-electron chi connectivity index (χ3n) is 4.00. The maximum Gasteiger partial charge on any atom is 0.460 e. The first-order valence-corrected chi connectivity index (χ1v) is 8.02. The molecule has 0 aliphatic carbocycles. The Kier molecular flexibility index (Phi) is 8.47. The molecule has 0 saturated heterocycles. The normalized spacial score (nSPS) is 16.5. The average Bonchev–Trinajstić information content (AvgIpc) is 2.68. The fraction of sp³-hybridized carbons (Fsp3) is 0.600. The van der Waals surface area contributed by atoms with Crippen LogP contribution in [0.5, 0.6) is 0 Å². The molecule has 22 heteroatoms. The first kappa shape index (κ1) is 34.2. The summed E-state index contributed by atoms with van der Waals surface area (Å²) in [5, 5.41) is 0. The summed E-state index contributed by atoms with van der Waals surface area (Å²) in [5.74, 6) is -50.5. The van der Waals surface area contributed by atoms with Crippen molar-refractivity contribution in [3.63, 3.8) is 0 Å². The van der Waals surface area contributed by atoms with E-state index in [1.165, 1.54) is 0 Å². The highest BCUT2D eigenvalue weighted by Gasteiger charge is 2.99. The van der Waals surface area contributed by atoms with Gasteiger partial charge in [-0.15, -0.1) is 0 Å². The molecule has 0 amide bonds. The van der Waals surface area contributed by atoms with Crippen molar-refractivity contribution in [1.82, 2.24) is 0 Å². The minimum atomic E-state index is -9.06. The van der Waals surface area contributed by atoms with Crippen LogP contribution in [0.15, 0.2) is 25.3 Å². The van der Waals surface area contributed by atoms with Gasteiger partial charge in [0.15, 0.2) is 0 Å². The molecule has 0 fully saturated rings. The van der Waals surface area contributed by atoms with Gasteiger partial charge in [-0.2, -0.15) is 79.0 Å². The van der Waals surface area contributed by atoms with Gasteiger partial charge in [0.2, 0.25) is 0 Å². The van der Waals surface area contributed by atoms with Gasteiger partial charge in [0.05, 0.1) is 0 Å². The topological polar surface area (TPSA) is 52.6 Å². The summed E-state index contributed by atoms with van der Waals surface area (Å²) >= 11 is 0. The number of carbonyl (C=O) groups is 2. The molecule has 0 rings (SSSR count). The van der Waals surface area contributed by atoms with Crippen molar-refractivity contribution < 1.29 is 98.1 Å². The molecule has 0 aromatic carbocycles. The van der Waals surface area contributed by atoms with Crippen molar-refractivity contribution >= 4 is 11.9 Å². The van der Waals surface area contributed by atoms with Crippen LogP contribution in [0.3, 0.4) is 0 Å². The Morgan fingerprint density at radius 1 is 0.459 bits per heavy atom. The van der Waals surface area contributed by atoms with Gasteiger partial charge >= 0.3 is 65.6 Å². The van der Waals surface area contributed by atoms with E-state index in [1.54, 1.807) is 0 Å². The second-order valence-electron chi connectivity index (χ2n) is 6.32. The zero-order valence-electron chi connectivity index (χ0n) is 16.5. The molecule has 0 aromatic rings. The first-order valence-electron chi connectivity index (χ1n) is 8.02. The van der Waals surface area contributed by atoms with Gasteiger partial charge in [0.25, 0.3) is 0 Å². The van der Waals surface area contributed by atoms with Crippen molar-refractivity contribution in [3.05, 3.63) is 25.3 Å². The van der Waals surface area contributed by atoms with E-state index in [1.807, 2.05) is 0 Å². The van der Waals surface area contributed by atoms with E-state index in [0.717, 1.165) is 0 Å². The van der Waals surface area contributed by atoms with Crippen LogP contribution >= 0.6 is 0 Å². The lowest BCUT2D eigenvalue weighted by molar-refractivity contribution is -0.494. The van der Waals surface area contributed by atoms with Gasteiger partial charge < -0.3 is 9.47 Å². The average molecular weight is 592 g/mol. The maximum absolute atomic E-state index is 14.5. The summed E-state index contributed by atoms with van der Waals surface area (Å²) < 4.78 is 247. The molecule has 0 heterocycles. The Morgan fingerprint density at radius 3 is 1.05 bits per heavy atom. The summed E-state index contributed by atoms with van der Waals surface area (Å²) in [4.78, 5) is 21.9. The van der Waals surface area contributed by atoms with Crippen LogP contribution in [0.4, 0.5) is 79.0 Å². The number of halogens is 18. The van der Waals surface area contributed by atoms with Gasteiger partial charge in [0, 0.05) is 12.2 Å². The molecule has 4 nitrogen and oxygen atoms in total. The molecule has 37 heavy (non-hydrogen) atoms. The number of rotatable bonds is 10. The quantitative estimate of drug-likeness (QED) is 0.176. The van der Waals surface area contributed by atoms with E-state index in [2.05, 4.69) is 22.6 Å². The van der Waals surface area contributed by atoms with Gasteiger partial charge in [-0.3, -0.25) is 0 Å². The van der Waals surface area contributed by atoms with Crippen molar-refractivity contribution in [1.29, 1.82) is 0 Å². The Hall–Kier alpha value is -2.84. The Bertz CT molecular complexity index is 915. The molecule has 0 aromatic heterocycles. The van der Waals surface area contributed by atoms with E-state index in [4.69, 9.17) is 0 Å². The van der Waals surface area contributed by atoms with Crippen LogP contribution in [-0.4, -0.2) is 65.6 Å². The molecule has 1 unspecified atom stereocenters. The molecule has 216 valence electrons. The maximum atomic E-state index is 14.5. The first-order chi connectivity index (χ1) is 15.9. The lowest BCUT2D eigenvalue weighted by atomic mass is 9.82. The minimum Gasteiger partial charge on any atom is -0.430 e. The van der Waals surface area contributed by atoms with Crippen molar-refractivity contribution in [3.8, 4) is 0 Å². The number of hydrogen-bond acceptors (Lipinski definition) is 4. The number of carbonyl (C=O) groups excluding carboxylic acids is 2. The smallest absolute Gasteiger partial charge is 0.430 e. The summed E-state index contributed by atoms with van der Waals surface area (Å²) in [5.41, 5.74) is -8.02. The predicted octanol–water partition coefficient (Wildman–Crippen LogP) is 6.08. The number of ether oxygens (including phenoxy) is 2. The molecule has 0 saturated carbocycles. The fourth-order valence-electron chi connectivity index (χ4n) is 2.13. The van der Waals surface area contributed by atoms with Crippen molar-refractivity contribution in [2.24, 2.45) is 0 Å². The zero-order valence-corrected chi connectivity index (χ0v) is 16.5. The Labute approximate surface area is 190 Å². The summed E-state index contributed by atoms with van der Waals surface area (Å²) in [6.45, 7) is 4.38. The van der Waals surface area contributed by atoms with E-state index >= 15 is 0 Å². The Morgan fingerprint density at radius 2 is 0.757 bits per heavy atom. The van der Waals surface area contributed by atoms with Gasteiger partial charge in [0.1, 0.15) is 0 Å². The SMILES string of the molecule is C=CC(=O)OC(F)(F)C(OC(=O)C=C)(C(F)(F)F)C(F)(F)C(F)(F)C(F)(F)C(F)(F)C(F)(F)C(F)(F)F. The Balaban J connectivity index is 7.83. The van der Waals surface area contributed by atoms with E-state index in [9.17, 15) is 88.6 Å². The van der Waals surface area contributed by atoms with E-state index < -0.39 is 77.8 Å². The lowest BCUT2D eigenvalue weighted by Crippen LogP contribution is -2.81. The predicted molar refractivity (Wildman–Crippen MR) is 77.1 cm³/mol. The third kappa shape index (κ3) is 4.66. The van der Waals surface area contributed by atoms with E-state index in [0.29, 0.717) is 0 Å². The standard InChI is InChI=1S/C15H6F18O4/c1-3-5(34)36-7(13(26,27)28,15(32,33)37-6(35)4-2)8(16,17)9(18,19)10(20,21)11(22,23)12(24,25)14(29,30)31/h3-4H,1-2H2. The summed E-state index contributed by atoms with van der Waals surface area (Å²) in [6.07, 6.45) is -25.1. The zero-order chi connectivity index (χ0) is 30.5. The van der Waals surface area contributed by atoms with Gasteiger partial charge in [-0.1, -0.05) is 13.2 Å². The fourth-order valence-corrected chi connectivity index (χ4v) is 2.13. The number of hydrogen-bond donors (Lipinski definition) is 0. The minimum absolute atomic E-state index is 0.618. The molecule has 0 aliphatic rings. The second kappa shape index (κ2) is 9.17. The summed E-state index contributed by atoms with van der Waals surface area (Å²) in [6, 6.07) is 0. The molecule has 0 bridgehead atoms. The molecular formula is C15H6F18O4. The van der Waals surface area contributed by atoms with Crippen LogP contribution < -0.4 is 0 Å². The molecule has 0 radical (unpaired) electrons. The van der Waals surface area contributed by atoms with Crippen LogP contribution in [0.25, 0.3) is 0 Å². The van der Waals surface area contributed by atoms with Crippen LogP contribution in [0, 0.1) is 0 Å². The molecule has 0 aliphatic heterocycles. The van der Waals surface area contributed by atoms with Crippen molar-refractivity contribution in [2.45, 2.75) is 53.7 Å². The second-order valence-corrected chi connectivity index (χ2v) is 6.32. The molecule has 1 atom stereocenters. The highest BCUT2D eigenvalue weighted by atomic mass is 19.4. The van der Waals surface area contributed by atoms with Crippen LogP contribution in [0.1, 0.15) is 0 Å². The molecule has 0 N–H and O–H groups in total. The van der Waals surface area contributed by atoms with E-state index in [-0.39, 0.29) is 0 Å². The largest absolute Gasteiger partial charge is 0.460 e. The van der Waals surface area contributed by atoms with Crippen molar-refractivity contribution in [2.75, 3.05) is 0 Å². The monoisotopic (exact) mass is 592 g/mol. The summed E-state index contributed by atoms with van der Waals surface area (Å²) in [7, 11) is 0. The van der Waals surface area contributed by atoms with Gasteiger partial charge in [-0.25, -0.2) is 9.59 Å². The third-order valence-corrected chi connectivity index (χ3v) is 4.00. The molecular weight excluding hydrogens is 586 g/mol. The van der Waals surface area contributed by atoms with Crippen LogP contribution in [-0.2, 0) is 19.1 Å². The lowest BCUT2D eigenvalue weighted by Gasteiger charge is -2.47. The molecule has 0 spiro atoms. The van der Waals surface area contributed by atoms with Gasteiger partial charge in [-0.05, 0) is 0 Å². The van der Waals surface area contributed by atoms with Crippen LogP contribution in [0.2, 0.25) is 0 Å². The number of alkyl halides is 18. The number of esters is 2. The highest BCUT2D eigenvalue weighted by molar-refractivity contribution is 5.83. The highest BCUT2D eigenvalue weighted by Crippen LogP contribution is 2.66.